The molecule has 0 aliphatic rings. The highest BCUT2D eigenvalue weighted by molar-refractivity contribution is 5.89. The van der Waals surface area contributed by atoms with Gasteiger partial charge in [-0.3, -0.25) is 9.69 Å². The first-order valence-corrected chi connectivity index (χ1v) is 6.55. The van der Waals surface area contributed by atoms with Gasteiger partial charge in [0.2, 0.25) is 0 Å². The van der Waals surface area contributed by atoms with E-state index in [2.05, 4.69) is 0 Å². The van der Waals surface area contributed by atoms with E-state index >= 15 is 0 Å². The lowest BCUT2D eigenvalue weighted by atomic mass is 9.91. The quantitative estimate of drug-likeness (QED) is 0.790. The van der Waals surface area contributed by atoms with Crippen LogP contribution in [0.15, 0.2) is 18.2 Å². The fraction of sp³-hybridized carbons (Fsp3) is 0.533. The lowest BCUT2D eigenvalue weighted by molar-refractivity contribution is -0.128. The lowest BCUT2D eigenvalue weighted by Gasteiger charge is -2.35. The molecule has 4 heteroatoms. The molecule has 0 amide bonds. The van der Waals surface area contributed by atoms with Crippen molar-refractivity contribution in [2.45, 2.75) is 39.7 Å². The van der Waals surface area contributed by atoms with E-state index in [1.54, 1.807) is 13.8 Å². The second-order valence-corrected chi connectivity index (χ2v) is 5.03. The van der Waals surface area contributed by atoms with Crippen LogP contribution in [0.5, 0.6) is 0 Å². The van der Waals surface area contributed by atoms with Crippen LogP contribution in [0.3, 0.4) is 0 Å². The summed E-state index contributed by atoms with van der Waals surface area (Å²) in [5.74, 6) is -1.51. The Morgan fingerprint density at radius 3 is 2.05 bits per heavy atom. The summed E-state index contributed by atoms with van der Waals surface area (Å²) in [6.07, 6.45) is -0.220. The molecule has 0 aliphatic heterocycles. The summed E-state index contributed by atoms with van der Waals surface area (Å²) >= 11 is 0. The monoisotopic (exact) mass is 269 g/mol. The van der Waals surface area contributed by atoms with Gasteiger partial charge < -0.3 is 0 Å². The van der Waals surface area contributed by atoms with Gasteiger partial charge in [-0.25, -0.2) is 8.78 Å². The Morgan fingerprint density at radius 1 is 1.16 bits per heavy atom. The van der Waals surface area contributed by atoms with Crippen LogP contribution in [0.25, 0.3) is 0 Å². The number of benzene rings is 1. The van der Waals surface area contributed by atoms with Crippen LogP contribution in [0.2, 0.25) is 0 Å². The molecular formula is C15H21F2NO. The van der Waals surface area contributed by atoms with Crippen molar-refractivity contribution < 1.29 is 13.6 Å². The van der Waals surface area contributed by atoms with Gasteiger partial charge in [-0.05, 0) is 39.1 Å². The maximum Gasteiger partial charge on any atom is 0.157 e. The van der Waals surface area contributed by atoms with E-state index in [1.807, 2.05) is 18.7 Å². The first kappa shape index (κ1) is 15.8. The molecule has 1 aromatic carbocycles. The van der Waals surface area contributed by atoms with Crippen LogP contribution in [-0.2, 0) is 11.2 Å². The number of rotatable bonds is 6. The van der Waals surface area contributed by atoms with Gasteiger partial charge in [0.05, 0.1) is 5.54 Å². The molecule has 0 saturated carbocycles. The Kier molecular flexibility index (Phi) is 5.18. The summed E-state index contributed by atoms with van der Waals surface area (Å²) in [5, 5.41) is 0. The molecule has 0 atom stereocenters. The zero-order valence-corrected chi connectivity index (χ0v) is 12.0. The number of likely N-dealkylation sites (N-methyl/N-ethyl adjacent to an activating group) is 1. The highest BCUT2D eigenvalue weighted by Crippen LogP contribution is 2.20. The van der Waals surface area contributed by atoms with Crippen LogP contribution >= 0.6 is 0 Å². The Morgan fingerprint density at radius 2 is 1.63 bits per heavy atom. The van der Waals surface area contributed by atoms with Crippen molar-refractivity contribution in [2.24, 2.45) is 0 Å². The molecule has 19 heavy (non-hydrogen) atoms. The number of carbonyl (C=O) groups excluding carboxylic acids is 1. The van der Waals surface area contributed by atoms with Crippen molar-refractivity contribution in [3.05, 3.63) is 35.4 Å². The minimum atomic E-state index is -0.724. The second-order valence-electron chi connectivity index (χ2n) is 5.03. The molecule has 2 nitrogen and oxygen atoms in total. The fourth-order valence-corrected chi connectivity index (χ4v) is 2.27. The Hall–Kier alpha value is -1.29. The Labute approximate surface area is 113 Å². The fourth-order valence-electron chi connectivity index (χ4n) is 2.27. The Bertz CT molecular complexity index is 433. The summed E-state index contributed by atoms with van der Waals surface area (Å²) in [7, 11) is 0. The van der Waals surface area contributed by atoms with Crippen molar-refractivity contribution >= 4 is 5.78 Å². The first-order valence-electron chi connectivity index (χ1n) is 6.55. The van der Waals surface area contributed by atoms with E-state index in [0.29, 0.717) is 0 Å². The third kappa shape index (κ3) is 3.38. The summed E-state index contributed by atoms with van der Waals surface area (Å²) in [6, 6.07) is 3.65. The Balaban J connectivity index is 2.96. The third-order valence-electron chi connectivity index (χ3n) is 3.64. The summed E-state index contributed by atoms with van der Waals surface area (Å²) in [4.78, 5) is 14.3. The molecule has 0 spiro atoms. The zero-order valence-electron chi connectivity index (χ0n) is 12.0. The van der Waals surface area contributed by atoms with Crippen molar-refractivity contribution in [1.29, 1.82) is 0 Å². The van der Waals surface area contributed by atoms with Crippen molar-refractivity contribution in [3.63, 3.8) is 0 Å². The minimum absolute atomic E-state index is 0.146. The van der Waals surface area contributed by atoms with Crippen LogP contribution in [0.4, 0.5) is 8.78 Å². The molecule has 0 unspecified atom stereocenters. The van der Waals surface area contributed by atoms with E-state index in [1.165, 1.54) is 18.2 Å². The van der Waals surface area contributed by atoms with Gasteiger partial charge >= 0.3 is 0 Å². The lowest BCUT2D eigenvalue weighted by Crippen LogP contribution is -2.50. The summed E-state index contributed by atoms with van der Waals surface area (Å²) in [6.45, 7) is 8.94. The molecule has 0 bridgehead atoms. The topological polar surface area (TPSA) is 20.3 Å². The van der Waals surface area contributed by atoms with E-state index in [4.69, 9.17) is 0 Å². The van der Waals surface area contributed by atoms with Crippen molar-refractivity contribution in [1.82, 2.24) is 4.90 Å². The van der Waals surface area contributed by atoms with Gasteiger partial charge in [0.25, 0.3) is 0 Å². The standard InChI is InChI=1S/C15H21F2NO/c1-5-18(6-2)15(3,4)14(19)10-11-12(16)8-7-9-13(11)17/h7-9H,5-6,10H2,1-4H3. The molecule has 106 valence electrons. The van der Waals surface area contributed by atoms with Crippen LogP contribution in [-0.4, -0.2) is 29.3 Å². The summed E-state index contributed by atoms with van der Waals surface area (Å²) in [5.41, 5.74) is -0.870. The normalized spacial score (nSPS) is 11.9. The molecule has 0 fully saturated rings. The number of nitrogens with zero attached hydrogens (tertiary/aromatic N) is 1. The van der Waals surface area contributed by atoms with E-state index in [-0.39, 0.29) is 17.8 Å². The molecule has 0 aromatic heterocycles. The van der Waals surface area contributed by atoms with Crippen molar-refractivity contribution in [2.75, 3.05) is 13.1 Å². The maximum absolute atomic E-state index is 13.6. The highest BCUT2D eigenvalue weighted by Gasteiger charge is 2.33. The van der Waals surface area contributed by atoms with Crippen LogP contribution in [0, 0.1) is 11.6 Å². The predicted molar refractivity (Wildman–Crippen MR) is 72.1 cm³/mol. The highest BCUT2D eigenvalue weighted by atomic mass is 19.1. The molecule has 0 N–H and O–H groups in total. The van der Waals surface area contributed by atoms with Crippen LogP contribution in [0.1, 0.15) is 33.3 Å². The van der Waals surface area contributed by atoms with Gasteiger partial charge in [-0.2, -0.15) is 0 Å². The van der Waals surface area contributed by atoms with E-state index in [0.717, 1.165) is 13.1 Å². The molecular weight excluding hydrogens is 248 g/mol. The number of ketones is 1. The smallest absolute Gasteiger partial charge is 0.157 e. The minimum Gasteiger partial charge on any atom is -0.297 e. The molecule has 0 radical (unpaired) electrons. The largest absolute Gasteiger partial charge is 0.297 e. The number of Topliss-reactive ketones (excluding diaryl/α,β-unsaturated/α-hetero) is 1. The van der Waals surface area contributed by atoms with Gasteiger partial charge in [-0.1, -0.05) is 19.9 Å². The summed E-state index contributed by atoms with van der Waals surface area (Å²) < 4.78 is 27.1. The average molecular weight is 269 g/mol. The maximum atomic E-state index is 13.6. The molecule has 1 rings (SSSR count). The van der Waals surface area contributed by atoms with Gasteiger partial charge in [0.1, 0.15) is 11.6 Å². The average Bonchev–Trinajstić information content (AvgIpc) is 2.34. The van der Waals surface area contributed by atoms with Gasteiger partial charge in [-0.15, -0.1) is 0 Å². The predicted octanol–water partition coefficient (Wildman–Crippen LogP) is 3.20. The molecule has 0 heterocycles. The third-order valence-corrected chi connectivity index (χ3v) is 3.64. The molecule has 1 aromatic rings. The number of hydrogen-bond donors (Lipinski definition) is 0. The number of halogens is 2. The number of carbonyl (C=O) groups is 1. The zero-order chi connectivity index (χ0) is 14.6. The molecule has 0 saturated heterocycles. The second kappa shape index (κ2) is 6.24. The molecule has 0 aliphatic carbocycles. The van der Waals surface area contributed by atoms with Gasteiger partial charge in [0.15, 0.2) is 5.78 Å². The number of hydrogen-bond acceptors (Lipinski definition) is 2. The van der Waals surface area contributed by atoms with E-state index in [9.17, 15) is 13.6 Å². The van der Waals surface area contributed by atoms with E-state index < -0.39 is 17.2 Å². The van der Waals surface area contributed by atoms with Gasteiger partial charge in [0, 0.05) is 12.0 Å². The van der Waals surface area contributed by atoms with Crippen molar-refractivity contribution in [3.8, 4) is 0 Å². The van der Waals surface area contributed by atoms with Crippen LogP contribution < -0.4 is 0 Å². The SMILES string of the molecule is CCN(CC)C(C)(C)C(=O)Cc1c(F)cccc1F. The first-order chi connectivity index (χ1) is 8.84.